The van der Waals surface area contributed by atoms with Gasteiger partial charge in [-0.2, -0.15) is 0 Å². The van der Waals surface area contributed by atoms with Crippen LogP contribution in [0.2, 0.25) is 0 Å². The lowest BCUT2D eigenvalue weighted by Crippen LogP contribution is -2.12. The average Bonchev–Trinajstić information content (AvgIpc) is 2.61. The van der Waals surface area contributed by atoms with E-state index in [1.807, 2.05) is 12.1 Å². The smallest absolute Gasteiger partial charge is 0.120 e. The molecule has 0 aliphatic carbocycles. The fourth-order valence-electron chi connectivity index (χ4n) is 1.75. The lowest BCUT2D eigenvalue weighted by molar-refractivity contribution is 0.457. The highest BCUT2D eigenvalue weighted by Crippen LogP contribution is 2.31. The van der Waals surface area contributed by atoms with Crippen LogP contribution in [0.3, 0.4) is 0 Å². The van der Waals surface area contributed by atoms with Gasteiger partial charge in [0.15, 0.2) is 0 Å². The standard InChI is InChI=1S/C10H12BrNO.ClH/c11-7-3-4-10(13)8(6-7)9-2-1-5-12-9;/h3-4,6,9,12-13H,1-2,5H2;1H/t9-;/m0./s1. The van der Waals surface area contributed by atoms with Gasteiger partial charge in [-0.3, -0.25) is 0 Å². The number of phenols is 1. The molecule has 0 bridgehead atoms. The van der Waals surface area contributed by atoms with Gasteiger partial charge in [-0.15, -0.1) is 12.4 Å². The molecule has 0 radical (unpaired) electrons. The largest absolute Gasteiger partial charge is 0.508 e. The molecule has 0 spiro atoms. The number of rotatable bonds is 1. The van der Waals surface area contributed by atoms with Crippen LogP contribution in [0.4, 0.5) is 0 Å². The van der Waals surface area contributed by atoms with Crippen molar-refractivity contribution in [3.05, 3.63) is 28.2 Å². The van der Waals surface area contributed by atoms with Crippen molar-refractivity contribution in [2.45, 2.75) is 18.9 Å². The van der Waals surface area contributed by atoms with Crippen molar-refractivity contribution in [3.8, 4) is 5.75 Å². The Balaban J connectivity index is 0.000000980. The van der Waals surface area contributed by atoms with Gasteiger partial charge in [0, 0.05) is 16.1 Å². The quantitative estimate of drug-likeness (QED) is 0.828. The van der Waals surface area contributed by atoms with Crippen LogP contribution in [0.15, 0.2) is 22.7 Å². The molecule has 0 aromatic heterocycles. The van der Waals surface area contributed by atoms with Gasteiger partial charge < -0.3 is 10.4 Å². The van der Waals surface area contributed by atoms with Crippen molar-refractivity contribution in [2.75, 3.05) is 6.54 Å². The van der Waals surface area contributed by atoms with Crippen LogP contribution < -0.4 is 5.32 Å². The van der Waals surface area contributed by atoms with Crippen molar-refractivity contribution in [1.29, 1.82) is 0 Å². The molecule has 0 unspecified atom stereocenters. The molecule has 1 aliphatic heterocycles. The zero-order chi connectivity index (χ0) is 9.26. The highest BCUT2D eigenvalue weighted by atomic mass is 79.9. The van der Waals surface area contributed by atoms with Crippen LogP contribution in [0.5, 0.6) is 5.75 Å². The van der Waals surface area contributed by atoms with E-state index in [2.05, 4.69) is 21.2 Å². The van der Waals surface area contributed by atoms with Gasteiger partial charge in [0.2, 0.25) is 0 Å². The van der Waals surface area contributed by atoms with Crippen molar-refractivity contribution in [3.63, 3.8) is 0 Å². The van der Waals surface area contributed by atoms with Crippen molar-refractivity contribution in [2.24, 2.45) is 0 Å². The highest BCUT2D eigenvalue weighted by molar-refractivity contribution is 9.10. The lowest BCUT2D eigenvalue weighted by Gasteiger charge is -2.12. The predicted molar refractivity (Wildman–Crippen MR) is 63.0 cm³/mol. The molecular formula is C10H13BrClNO. The summed E-state index contributed by atoms with van der Waals surface area (Å²) in [4.78, 5) is 0. The van der Waals surface area contributed by atoms with E-state index >= 15 is 0 Å². The Hall–Kier alpha value is -0.250. The summed E-state index contributed by atoms with van der Waals surface area (Å²) in [6, 6.07) is 5.91. The minimum atomic E-state index is 0. The zero-order valence-corrected chi connectivity index (χ0v) is 10.1. The summed E-state index contributed by atoms with van der Waals surface area (Å²) < 4.78 is 1.02. The van der Waals surface area contributed by atoms with Crippen molar-refractivity contribution >= 4 is 28.3 Å². The number of hydrogen-bond donors (Lipinski definition) is 2. The molecule has 1 aliphatic rings. The zero-order valence-electron chi connectivity index (χ0n) is 7.66. The minimum Gasteiger partial charge on any atom is -0.508 e. The number of halogens is 2. The third-order valence-electron chi connectivity index (χ3n) is 2.43. The van der Waals surface area contributed by atoms with Gasteiger partial charge in [-0.05, 0) is 37.6 Å². The second-order valence-corrected chi connectivity index (χ2v) is 4.27. The molecule has 1 heterocycles. The molecule has 1 aromatic rings. The Bertz CT molecular complexity index is 313. The molecule has 2 rings (SSSR count). The average molecular weight is 279 g/mol. The molecule has 4 heteroatoms. The Kier molecular flexibility index (Phi) is 4.23. The summed E-state index contributed by atoms with van der Waals surface area (Å²) in [6.45, 7) is 1.05. The fraction of sp³-hybridized carbons (Fsp3) is 0.400. The van der Waals surface area contributed by atoms with Crippen LogP contribution in [-0.4, -0.2) is 11.7 Å². The van der Waals surface area contributed by atoms with Crippen LogP contribution in [0, 0.1) is 0 Å². The molecule has 0 amide bonds. The normalized spacial score (nSPS) is 20.5. The van der Waals surface area contributed by atoms with Gasteiger partial charge in [-0.1, -0.05) is 15.9 Å². The third kappa shape index (κ3) is 2.41. The summed E-state index contributed by atoms with van der Waals surface area (Å²) in [6.07, 6.45) is 2.31. The van der Waals surface area contributed by atoms with Crippen molar-refractivity contribution in [1.82, 2.24) is 5.32 Å². The van der Waals surface area contributed by atoms with Crippen LogP contribution in [-0.2, 0) is 0 Å². The van der Waals surface area contributed by atoms with Crippen LogP contribution in [0.1, 0.15) is 24.4 Å². The first-order valence-corrected chi connectivity index (χ1v) is 5.28. The van der Waals surface area contributed by atoms with E-state index in [1.165, 1.54) is 6.42 Å². The maximum Gasteiger partial charge on any atom is 0.120 e. The molecule has 1 fully saturated rings. The maximum atomic E-state index is 9.63. The summed E-state index contributed by atoms with van der Waals surface area (Å²) >= 11 is 3.40. The summed E-state index contributed by atoms with van der Waals surface area (Å²) in [5, 5.41) is 13.0. The topological polar surface area (TPSA) is 32.3 Å². The number of phenolic OH excluding ortho intramolecular Hbond substituents is 1. The molecule has 0 saturated carbocycles. The first kappa shape index (κ1) is 11.8. The number of hydrogen-bond acceptors (Lipinski definition) is 2. The van der Waals surface area contributed by atoms with Crippen molar-refractivity contribution < 1.29 is 5.11 Å². The Labute approximate surface area is 98.3 Å². The highest BCUT2D eigenvalue weighted by Gasteiger charge is 2.18. The molecule has 1 atom stereocenters. The number of benzene rings is 1. The van der Waals surface area contributed by atoms with E-state index in [4.69, 9.17) is 0 Å². The first-order chi connectivity index (χ1) is 6.27. The molecule has 2 nitrogen and oxygen atoms in total. The summed E-state index contributed by atoms with van der Waals surface area (Å²) in [5.74, 6) is 0.391. The lowest BCUT2D eigenvalue weighted by atomic mass is 10.0. The SMILES string of the molecule is Cl.Oc1ccc(Br)cc1[C@@H]1CCCN1. The van der Waals surface area contributed by atoms with E-state index in [0.717, 1.165) is 23.0 Å². The monoisotopic (exact) mass is 277 g/mol. The summed E-state index contributed by atoms with van der Waals surface area (Å²) in [7, 11) is 0. The molecule has 1 saturated heterocycles. The molecular weight excluding hydrogens is 265 g/mol. The minimum absolute atomic E-state index is 0. The third-order valence-corrected chi connectivity index (χ3v) is 2.92. The molecule has 78 valence electrons. The Morgan fingerprint density at radius 1 is 1.43 bits per heavy atom. The Morgan fingerprint density at radius 3 is 2.86 bits per heavy atom. The van der Waals surface area contributed by atoms with Gasteiger partial charge in [-0.25, -0.2) is 0 Å². The molecule has 1 aromatic carbocycles. The van der Waals surface area contributed by atoms with E-state index in [0.29, 0.717) is 11.8 Å². The molecule has 14 heavy (non-hydrogen) atoms. The van der Waals surface area contributed by atoms with Crippen LogP contribution >= 0.6 is 28.3 Å². The second kappa shape index (κ2) is 5.01. The predicted octanol–water partition coefficient (Wildman–Crippen LogP) is 3.00. The Morgan fingerprint density at radius 2 is 2.21 bits per heavy atom. The van der Waals surface area contributed by atoms with Gasteiger partial charge in [0.1, 0.15) is 5.75 Å². The second-order valence-electron chi connectivity index (χ2n) is 3.35. The first-order valence-electron chi connectivity index (χ1n) is 4.49. The fourth-order valence-corrected chi connectivity index (χ4v) is 2.13. The van der Waals surface area contributed by atoms with E-state index in [1.54, 1.807) is 6.07 Å². The molecule has 2 N–H and O–H groups in total. The van der Waals surface area contributed by atoms with E-state index < -0.39 is 0 Å². The van der Waals surface area contributed by atoms with Gasteiger partial charge in [0.05, 0.1) is 0 Å². The van der Waals surface area contributed by atoms with Crippen LogP contribution in [0.25, 0.3) is 0 Å². The maximum absolute atomic E-state index is 9.63. The summed E-state index contributed by atoms with van der Waals surface area (Å²) in [5.41, 5.74) is 1.01. The van der Waals surface area contributed by atoms with E-state index in [9.17, 15) is 5.11 Å². The van der Waals surface area contributed by atoms with Gasteiger partial charge in [0.25, 0.3) is 0 Å². The van der Waals surface area contributed by atoms with E-state index in [-0.39, 0.29) is 12.4 Å². The van der Waals surface area contributed by atoms with Gasteiger partial charge >= 0.3 is 0 Å². The number of nitrogens with one attached hydrogen (secondary N) is 1. The number of aromatic hydroxyl groups is 1.